The van der Waals surface area contributed by atoms with Gasteiger partial charge in [-0.05, 0) is 18.4 Å². The number of aryl methyl sites for hydroxylation is 1. The van der Waals surface area contributed by atoms with Crippen LogP contribution in [-0.4, -0.2) is 22.8 Å². The number of hydrogen-bond donors (Lipinski definition) is 1. The lowest BCUT2D eigenvalue weighted by Crippen LogP contribution is -2.33. The zero-order chi connectivity index (χ0) is 16.0. The van der Waals surface area contributed by atoms with Gasteiger partial charge in [0.15, 0.2) is 0 Å². The number of rotatable bonds is 7. The van der Waals surface area contributed by atoms with E-state index in [1.54, 1.807) is 13.0 Å². The summed E-state index contributed by atoms with van der Waals surface area (Å²) in [7, 11) is 0. The standard InChI is InChI=1S/C15H21ClN2O3/c1-4-11(5-2)14(16)9-17-15(19)13-8-12(18(20)21)7-6-10(13)3/h6-8,11,14H,4-5,9H2,1-3H3,(H,17,19). The van der Waals surface area contributed by atoms with Crippen LogP contribution in [0.5, 0.6) is 0 Å². The Morgan fingerprint density at radius 1 is 1.38 bits per heavy atom. The summed E-state index contributed by atoms with van der Waals surface area (Å²) in [6.07, 6.45) is 1.91. The number of non-ortho nitro benzene ring substituents is 1. The number of benzene rings is 1. The Morgan fingerprint density at radius 2 is 2.00 bits per heavy atom. The summed E-state index contributed by atoms with van der Waals surface area (Å²) in [5, 5.41) is 13.4. The number of nitro groups is 1. The van der Waals surface area contributed by atoms with Crippen LogP contribution < -0.4 is 5.32 Å². The van der Waals surface area contributed by atoms with E-state index in [-0.39, 0.29) is 17.0 Å². The van der Waals surface area contributed by atoms with Gasteiger partial charge in [-0.25, -0.2) is 0 Å². The van der Waals surface area contributed by atoms with Crippen LogP contribution in [0.4, 0.5) is 5.69 Å². The topological polar surface area (TPSA) is 72.2 Å². The van der Waals surface area contributed by atoms with Crippen molar-refractivity contribution in [2.24, 2.45) is 5.92 Å². The van der Waals surface area contributed by atoms with Crippen LogP contribution in [0, 0.1) is 23.0 Å². The highest BCUT2D eigenvalue weighted by atomic mass is 35.5. The number of nitrogens with zero attached hydrogens (tertiary/aromatic N) is 1. The van der Waals surface area contributed by atoms with Gasteiger partial charge in [0.2, 0.25) is 0 Å². The third-order valence-electron chi connectivity index (χ3n) is 3.69. The monoisotopic (exact) mass is 312 g/mol. The van der Waals surface area contributed by atoms with Crippen LogP contribution in [0.15, 0.2) is 18.2 Å². The molecule has 0 fully saturated rings. The second-order valence-corrected chi connectivity index (χ2v) is 5.62. The molecule has 1 atom stereocenters. The van der Waals surface area contributed by atoms with Gasteiger partial charge in [-0.2, -0.15) is 0 Å². The summed E-state index contributed by atoms with van der Waals surface area (Å²) >= 11 is 6.28. The molecule has 0 radical (unpaired) electrons. The number of alkyl halides is 1. The molecule has 0 saturated carbocycles. The van der Waals surface area contributed by atoms with Crippen molar-refractivity contribution < 1.29 is 9.72 Å². The van der Waals surface area contributed by atoms with Crippen molar-refractivity contribution >= 4 is 23.2 Å². The molecule has 0 heterocycles. The van der Waals surface area contributed by atoms with E-state index in [0.29, 0.717) is 23.6 Å². The first-order valence-electron chi connectivity index (χ1n) is 7.07. The third-order valence-corrected chi connectivity index (χ3v) is 4.21. The molecule has 1 aromatic carbocycles. The Bertz CT molecular complexity index is 516. The van der Waals surface area contributed by atoms with Gasteiger partial charge < -0.3 is 5.32 Å². The summed E-state index contributed by atoms with van der Waals surface area (Å²) in [4.78, 5) is 22.4. The Kier molecular flexibility index (Phi) is 6.62. The lowest BCUT2D eigenvalue weighted by molar-refractivity contribution is -0.384. The molecule has 1 unspecified atom stereocenters. The van der Waals surface area contributed by atoms with Crippen LogP contribution in [-0.2, 0) is 0 Å². The first-order valence-corrected chi connectivity index (χ1v) is 7.51. The largest absolute Gasteiger partial charge is 0.351 e. The fourth-order valence-electron chi connectivity index (χ4n) is 2.22. The van der Waals surface area contributed by atoms with E-state index in [1.165, 1.54) is 12.1 Å². The van der Waals surface area contributed by atoms with Gasteiger partial charge in [0.05, 0.1) is 10.3 Å². The number of nitrogens with one attached hydrogen (secondary N) is 1. The summed E-state index contributed by atoms with van der Waals surface area (Å²) in [5.41, 5.74) is 0.928. The van der Waals surface area contributed by atoms with E-state index in [1.807, 2.05) is 0 Å². The molecule has 0 aliphatic carbocycles. The van der Waals surface area contributed by atoms with Gasteiger partial charge in [0.1, 0.15) is 0 Å². The fourth-order valence-corrected chi connectivity index (χ4v) is 2.65. The van der Waals surface area contributed by atoms with Crippen molar-refractivity contribution in [2.45, 2.75) is 39.0 Å². The molecule has 0 aromatic heterocycles. The predicted octanol–water partition coefficient (Wildman–Crippen LogP) is 3.68. The van der Waals surface area contributed by atoms with Gasteiger partial charge >= 0.3 is 0 Å². The molecule has 0 spiro atoms. The Labute approximate surface area is 129 Å². The molecular formula is C15H21ClN2O3. The molecule has 1 N–H and O–H groups in total. The molecule has 5 nitrogen and oxygen atoms in total. The van der Waals surface area contributed by atoms with Crippen molar-refractivity contribution in [2.75, 3.05) is 6.54 Å². The van der Waals surface area contributed by atoms with Crippen LogP contribution in [0.3, 0.4) is 0 Å². The maximum atomic E-state index is 12.2. The Balaban J connectivity index is 2.76. The lowest BCUT2D eigenvalue weighted by Gasteiger charge is -2.19. The summed E-state index contributed by atoms with van der Waals surface area (Å²) in [5.74, 6) is 0.0194. The zero-order valence-electron chi connectivity index (χ0n) is 12.6. The molecule has 1 rings (SSSR count). The van der Waals surface area contributed by atoms with E-state index >= 15 is 0 Å². The molecule has 6 heteroatoms. The number of halogens is 1. The van der Waals surface area contributed by atoms with Crippen LogP contribution in [0.1, 0.15) is 42.6 Å². The molecule has 0 aliphatic heterocycles. The van der Waals surface area contributed by atoms with E-state index < -0.39 is 4.92 Å². The van der Waals surface area contributed by atoms with Crippen molar-refractivity contribution in [1.82, 2.24) is 5.32 Å². The van der Waals surface area contributed by atoms with Crippen molar-refractivity contribution in [1.29, 1.82) is 0 Å². The average Bonchev–Trinajstić information content (AvgIpc) is 2.46. The van der Waals surface area contributed by atoms with E-state index in [4.69, 9.17) is 11.6 Å². The molecule has 0 saturated heterocycles. The van der Waals surface area contributed by atoms with E-state index in [0.717, 1.165) is 12.8 Å². The predicted molar refractivity (Wildman–Crippen MR) is 83.9 cm³/mol. The number of carbonyl (C=O) groups excluding carboxylic acids is 1. The highest BCUT2D eigenvalue weighted by Gasteiger charge is 2.19. The first kappa shape index (κ1) is 17.4. The zero-order valence-corrected chi connectivity index (χ0v) is 13.3. The molecule has 1 aromatic rings. The van der Waals surface area contributed by atoms with Crippen molar-refractivity contribution in [3.8, 4) is 0 Å². The maximum Gasteiger partial charge on any atom is 0.270 e. The minimum Gasteiger partial charge on any atom is -0.351 e. The highest BCUT2D eigenvalue weighted by molar-refractivity contribution is 6.21. The summed E-state index contributed by atoms with van der Waals surface area (Å²) in [6, 6.07) is 4.26. The number of nitro benzene ring substituents is 1. The van der Waals surface area contributed by atoms with Crippen molar-refractivity contribution in [3.63, 3.8) is 0 Å². The van der Waals surface area contributed by atoms with Gasteiger partial charge in [-0.15, -0.1) is 11.6 Å². The fraction of sp³-hybridized carbons (Fsp3) is 0.533. The average molecular weight is 313 g/mol. The van der Waals surface area contributed by atoms with Gasteiger partial charge in [0.25, 0.3) is 11.6 Å². The van der Waals surface area contributed by atoms with E-state index in [2.05, 4.69) is 19.2 Å². The molecule has 21 heavy (non-hydrogen) atoms. The molecule has 0 aliphatic rings. The number of hydrogen-bond acceptors (Lipinski definition) is 3. The Hall–Kier alpha value is -1.62. The minimum absolute atomic E-state index is 0.0897. The second-order valence-electron chi connectivity index (χ2n) is 5.06. The summed E-state index contributed by atoms with van der Waals surface area (Å²) < 4.78 is 0. The summed E-state index contributed by atoms with van der Waals surface area (Å²) in [6.45, 7) is 6.23. The van der Waals surface area contributed by atoms with Gasteiger partial charge in [0, 0.05) is 24.2 Å². The molecule has 0 bridgehead atoms. The van der Waals surface area contributed by atoms with Gasteiger partial charge in [-0.1, -0.05) is 32.8 Å². The minimum atomic E-state index is -0.509. The maximum absolute atomic E-state index is 12.2. The SMILES string of the molecule is CCC(CC)C(Cl)CNC(=O)c1cc([N+](=O)[O-])ccc1C. The lowest BCUT2D eigenvalue weighted by atomic mass is 9.99. The van der Waals surface area contributed by atoms with Crippen LogP contribution in [0.25, 0.3) is 0 Å². The van der Waals surface area contributed by atoms with E-state index in [9.17, 15) is 14.9 Å². The van der Waals surface area contributed by atoms with Crippen molar-refractivity contribution in [3.05, 3.63) is 39.4 Å². The number of amides is 1. The third kappa shape index (κ3) is 4.70. The van der Waals surface area contributed by atoms with Crippen LogP contribution >= 0.6 is 11.6 Å². The highest BCUT2D eigenvalue weighted by Crippen LogP contribution is 2.19. The second kappa shape index (κ2) is 7.98. The van der Waals surface area contributed by atoms with Crippen LogP contribution in [0.2, 0.25) is 0 Å². The smallest absolute Gasteiger partial charge is 0.270 e. The Morgan fingerprint density at radius 3 is 2.52 bits per heavy atom. The normalized spacial score (nSPS) is 12.2. The first-order chi connectivity index (χ1) is 9.90. The van der Waals surface area contributed by atoms with Gasteiger partial charge in [-0.3, -0.25) is 14.9 Å². The quantitative estimate of drug-likeness (QED) is 0.474. The molecule has 116 valence electrons. The molecular weight excluding hydrogens is 292 g/mol. The number of carbonyl (C=O) groups is 1. The molecule has 1 amide bonds.